The van der Waals surface area contributed by atoms with Crippen LogP contribution in [0.2, 0.25) is 0 Å². The van der Waals surface area contributed by atoms with Crippen LogP contribution in [0.25, 0.3) is 11.0 Å². The van der Waals surface area contributed by atoms with Crippen LogP contribution in [0.1, 0.15) is 22.8 Å². The van der Waals surface area contributed by atoms with Crippen molar-refractivity contribution in [3.05, 3.63) is 58.3 Å². The quantitative estimate of drug-likeness (QED) is 0.651. The molecule has 0 saturated carbocycles. The minimum Gasteiger partial charge on any atom is -0.334 e. The number of aromatic nitrogens is 2. The zero-order valence-corrected chi connectivity index (χ0v) is 14.5. The molecule has 1 aliphatic heterocycles. The van der Waals surface area contributed by atoms with Gasteiger partial charge in [0.25, 0.3) is 5.91 Å². The Kier molecular flexibility index (Phi) is 3.27. The Morgan fingerprint density at radius 3 is 2.91 bits per heavy atom. The molecule has 0 aliphatic carbocycles. The van der Waals surface area contributed by atoms with Crippen LogP contribution < -0.4 is 4.90 Å². The van der Waals surface area contributed by atoms with Crippen molar-refractivity contribution in [1.29, 1.82) is 0 Å². The van der Waals surface area contributed by atoms with E-state index in [4.69, 9.17) is 0 Å². The third kappa shape index (κ3) is 2.27. The van der Waals surface area contributed by atoms with Crippen molar-refractivity contribution in [2.24, 2.45) is 7.05 Å². The average molecular weight is 370 g/mol. The number of hydrogen-bond donors (Lipinski definition) is 0. The van der Waals surface area contributed by atoms with Gasteiger partial charge in [0.1, 0.15) is 0 Å². The summed E-state index contributed by atoms with van der Waals surface area (Å²) in [6, 6.07) is 12.0. The third-order valence-electron chi connectivity index (χ3n) is 4.45. The highest BCUT2D eigenvalue weighted by atomic mass is 79.9. The number of amides is 1. The molecular formula is C18H16BrN3O. The van der Waals surface area contributed by atoms with Crippen molar-refractivity contribution in [1.82, 2.24) is 9.55 Å². The molecule has 4 nitrogen and oxygen atoms in total. The van der Waals surface area contributed by atoms with E-state index in [0.29, 0.717) is 5.56 Å². The highest BCUT2D eigenvalue weighted by Crippen LogP contribution is 2.35. The molecule has 3 aromatic rings. The molecule has 5 heteroatoms. The predicted molar refractivity (Wildman–Crippen MR) is 94.8 cm³/mol. The van der Waals surface area contributed by atoms with E-state index < -0.39 is 0 Å². The number of nitrogens with zero attached hydrogens (tertiary/aromatic N) is 3. The molecule has 1 aliphatic rings. The smallest absolute Gasteiger partial charge is 0.258 e. The molecule has 0 radical (unpaired) electrons. The van der Waals surface area contributed by atoms with Crippen LogP contribution in [0, 0.1) is 0 Å². The maximum absolute atomic E-state index is 13.0. The monoisotopic (exact) mass is 369 g/mol. The van der Waals surface area contributed by atoms with Gasteiger partial charge in [-0.1, -0.05) is 15.9 Å². The minimum absolute atomic E-state index is 0.0334. The second-order valence-electron chi connectivity index (χ2n) is 6.06. The number of hydrogen-bond acceptors (Lipinski definition) is 2. The van der Waals surface area contributed by atoms with Gasteiger partial charge in [-0.2, -0.15) is 0 Å². The number of rotatable bonds is 1. The summed E-state index contributed by atoms with van der Waals surface area (Å²) >= 11 is 3.50. The van der Waals surface area contributed by atoms with Crippen molar-refractivity contribution in [3.63, 3.8) is 0 Å². The number of anilines is 1. The number of imidazole rings is 1. The summed E-state index contributed by atoms with van der Waals surface area (Å²) in [5.74, 6) is 0.0334. The highest BCUT2D eigenvalue weighted by Gasteiger charge is 2.31. The molecule has 1 atom stereocenters. The molecule has 2 aromatic carbocycles. The molecule has 0 spiro atoms. The molecule has 116 valence electrons. The molecule has 1 unspecified atom stereocenters. The van der Waals surface area contributed by atoms with Gasteiger partial charge in [0.2, 0.25) is 0 Å². The fraction of sp³-hybridized carbons (Fsp3) is 0.222. The topological polar surface area (TPSA) is 38.1 Å². The molecule has 1 amide bonds. The van der Waals surface area contributed by atoms with E-state index in [1.165, 1.54) is 5.56 Å². The van der Waals surface area contributed by atoms with Crippen molar-refractivity contribution in [2.45, 2.75) is 19.4 Å². The minimum atomic E-state index is 0.0334. The largest absolute Gasteiger partial charge is 0.334 e. The molecule has 0 saturated heterocycles. The van der Waals surface area contributed by atoms with Gasteiger partial charge >= 0.3 is 0 Å². The van der Waals surface area contributed by atoms with Crippen LogP contribution >= 0.6 is 15.9 Å². The van der Waals surface area contributed by atoms with Crippen molar-refractivity contribution >= 4 is 38.6 Å². The van der Waals surface area contributed by atoms with Crippen LogP contribution in [-0.2, 0) is 13.5 Å². The van der Waals surface area contributed by atoms with Gasteiger partial charge in [0.05, 0.1) is 17.4 Å². The van der Waals surface area contributed by atoms with Gasteiger partial charge in [-0.25, -0.2) is 4.98 Å². The Bertz CT molecular complexity index is 931. The van der Waals surface area contributed by atoms with E-state index in [1.54, 1.807) is 6.33 Å². The first kappa shape index (κ1) is 14.5. The summed E-state index contributed by atoms with van der Waals surface area (Å²) in [5.41, 5.74) is 4.77. The second-order valence-corrected chi connectivity index (χ2v) is 6.98. The van der Waals surface area contributed by atoms with Crippen LogP contribution in [-0.4, -0.2) is 21.5 Å². The number of fused-ring (bicyclic) bond motifs is 2. The molecule has 4 rings (SSSR count). The normalized spacial score (nSPS) is 16.8. The first-order valence-corrected chi connectivity index (χ1v) is 8.37. The van der Waals surface area contributed by atoms with E-state index >= 15 is 0 Å². The predicted octanol–water partition coefficient (Wildman–Crippen LogP) is 3.93. The molecule has 0 bridgehead atoms. The van der Waals surface area contributed by atoms with E-state index in [2.05, 4.69) is 33.9 Å². The van der Waals surface area contributed by atoms with E-state index in [9.17, 15) is 4.79 Å². The Morgan fingerprint density at radius 2 is 2.09 bits per heavy atom. The zero-order chi connectivity index (χ0) is 16.1. The van der Waals surface area contributed by atoms with Gasteiger partial charge in [-0.15, -0.1) is 0 Å². The van der Waals surface area contributed by atoms with Crippen LogP contribution in [0.5, 0.6) is 0 Å². The summed E-state index contributed by atoms with van der Waals surface area (Å²) in [7, 11) is 1.95. The lowest BCUT2D eigenvalue weighted by atomic mass is 10.1. The summed E-state index contributed by atoms with van der Waals surface area (Å²) in [6.45, 7) is 2.09. The maximum atomic E-state index is 13.0. The van der Waals surface area contributed by atoms with Gasteiger partial charge < -0.3 is 9.47 Å². The van der Waals surface area contributed by atoms with Crippen molar-refractivity contribution in [2.75, 3.05) is 4.90 Å². The molecule has 0 N–H and O–H groups in total. The Balaban J connectivity index is 1.76. The lowest BCUT2D eigenvalue weighted by molar-refractivity contribution is 0.0981. The van der Waals surface area contributed by atoms with Crippen LogP contribution in [0.3, 0.4) is 0 Å². The highest BCUT2D eigenvalue weighted by molar-refractivity contribution is 9.10. The van der Waals surface area contributed by atoms with Crippen molar-refractivity contribution < 1.29 is 4.79 Å². The first-order chi connectivity index (χ1) is 11.0. The number of benzene rings is 2. The van der Waals surface area contributed by atoms with Gasteiger partial charge in [0, 0.05) is 28.8 Å². The number of carbonyl (C=O) groups excluding carboxylic acids is 1. The van der Waals surface area contributed by atoms with E-state index in [-0.39, 0.29) is 11.9 Å². The standard InChI is InChI=1S/C18H16BrN3O/c1-11-7-13-8-14(19)4-6-16(13)22(11)18(23)12-3-5-17-15(9-12)20-10-21(17)2/h3-6,8-11H,7H2,1-2H3. The molecule has 23 heavy (non-hydrogen) atoms. The van der Waals surface area contributed by atoms with Gasteiger partial charge in [-0.05, 0) is 55.3 Å². The summed E-state index contributed by atoms with van der Waals surface area (Å²) in [5, 5.41) is 0. The fourth-order valence-electron chi connectivity index (χ4n) is 3.32. The van der Waals surface area contributed by atoms with Gasteiger partial charge in [-0.3, -0.25) is 4.79 Å². The lowest BCUT2D eigenvalue weighted by Gasteiger charge is -2.23. The zero-order valence-electron chi connectivity index (χ0n) is 13.0. The first-order valence-electron chi connectivity index (χ1n) is 7.57. The maximum Gasteiger partial charge on any atom is 0.258 e. The van der Waals surface area contributed by atoms with E-state index in [0.717, 1.165) is 27.6 Å². The molecule has 0 fully saturated rings. The molecule has 2 heterocycles. The fourth-order valence-corrected chi connectivity index (χ4v) is 3.73. The third-order valence-corrected chi connectivity index (χ3v) is 4.94. The lowest BCUT2D eigenvalue weighted by Crippen LogP contribution is -2.35. The Morgan fingerprint density at radius 1 is 1.26 bits per heavy atom. The van der Waals surface area contributed by atoms with Crippen LogP contribution in [0.4, 0.5) is 5.69 Å². The SMILES string of the molecule is CC1Cc2cc(Br)ccc2N1C(=O)c1ccc2c(c1)ncn2C. The number of aryl methyl sites for hydroxylation is 1. The molecule has 1 aromatic heterocycles. The summed E-state index contributed by atoms with van der Waals surface area (Å²) in [6.07, 6.45) is 2.65. The Labute approximate surface area is 142 Å². The van der Waals surface area contributed by atoms with Gasteiger partial charge in [0.15, 0.2) is 0 Å². The number of halogens is 1. The second kappa shape index (κ2) is 5.20. The summed E-state index contributed by atoms with van der Waals surface area (Å²) < 4.78 is 3.00. The van der Waals surface area contributed by atoms with Crippen LogP contribution in [0.15, 0.2) is 47.2 Å². The molecular weight excluding hydrogens is 354 g/mol. The Hall–Kier alpha value is -2.14. The average Bonchev–Trinajstić information content (AvgIpc) is 3.05. The number of carbonyl (C=O) groups is 1. The van der Waals surface area contributed by atoms with Crippen molar-refractivity contribution in [3.8, 4) is 0 Å². The summed E-state index contributed by atoms with van der Waals surface area (Å²) in [4.78, 5) is 19.3. The van der Waals surface area contributed by atoms with E-state index in [1.807, 2.05) is 46.8 Å².